The summed E-state index contributed by atoms with van der Waals surface area (Å²) in [4.78, 5) is 8.68. The Balaban J connectivity index is 1.54. The summed E-state index contributed by atoms with van der Waals surface area (Å²) in [5.41, 5.74) is 2.35. The van der Waals surface area contributed by atoms with Crippen LogP contribution in [0, 0.1) is 5.82 Å². The van der Waals surface area contributed by atoms with Gasteiger partial charge in [-0.05, 0) is 43.3 Å². The lowest BCUT2D eigenvalue weighted by Crippen LogP contribution is -2.32. The zero-order valence-corrected chi connectivity index (χ0v) is 17.2. The lowest BCUT2D eigenvalue weighted by molar-refractivity contribution is 0.311. The van der Waals surface area contributed by atoms with Gasteiger partial charge < -0.3 is 24.5 Å². The van der Waals surface area contributed by atoms with E-state index in [9.17, 15) is 4.39 Å². The highest BCUT2D eigenvalue weighted by Gasteiger charge is 2.09. The normalized spacial score (nSPS) is 11.3. The van der Waals surface area contributed by atoms with Crippen LogP contribution in [0.25, 0.3) is 11.5 Å². The summed E-state index contributed by atoms with van der Waals surface area (Å²) < 4.78 is 29.4. The minimum atomic E-state index is -0.293. The number of rotatable bonds is 8. The number of oxazole rings is 1. The van der Waals surface area contributed by atoms with Crippen molar-refractivity contribution in [1.29, 1.82) is 0 Å². The smallest absolute Gasteiger partial charge is 0.226 e. The number of benzene rings is 2. The summed E-state index contributed by atoms with van der Waals surface area (Å²) in [6, 6.07) is 11.6. The van der Waals surface area contributed by atoms with Crippen molar-refractivity contribution in [2.45, 2.75) is 13.3 Å². The zero-order valence-electron chi connectivity index (χ0n) is 17.2. The van der Waals surface area contributed by atoms with Crippen LogP contribution in [0.15, 0.2) is 58.1 Å². The van der Waals surface area contributed by atoms with Crippen LogP contribution in [-0.4, -0.2) is 38.3 Å². The molecule has 158 valence electrons. The summed E-state index contributed by atoms with van der Waals surface area (Å²) in [5.74, 6) is 2.13. The first-order chi connectivity index (χ1) is 14.6. The molecule has 2 aromatic carbocycles. The molecule has 0 aliphatic heterocycles. The fraction of sp³-hybridized carbons (Fsp3) is 0.273. The summed E-state index contributed by atoms with van der Waals surface area (Å²) in [6.45, 7) is 3.09. The van der Waals surface area contributed by atoms with Crippen molar-refractivity contribution in [2.75, 3.05) is 32.6 Å². The van der Waals surface area contributed by atoms with Crippen molar-refractivity contribution in [2.24, 2.45) is 4.99 Å². The lowest BCUT2D eigenvalue weighted by Gasteiger charge is -2.14. The molecule has 1 aromatic heterocycles. The molecule has 0 bridgehead atoms. The molecule has 0 spiro atoms. The van der Waals surface area contributed by atoms with Gasteiger partial charge in [-0.3, -0.25) is 4.99 Å². The van der Waals surface area contributed by atoms with Gasteiger partial charge in [0.2, 0.25) is 5.89 Å². The van der Waals surface area contributed by atoms with Crippen molar-refractivity contribution >= 4 is 11.6 Å². The Morgan fingerprint density at radius 1 is 1.17 bits per heavy atom. The number of ether oxygens (including phenoxy) is 2. The van der Waals surface area contributed by atoms with Gasteiger partial charge in [0.1, 0.15) is 12.1 Å². The largest absolute Gasteiger partial charge is 0.493 e. The first-order valence-electron chi connectivity index (χ1n) is 9.61. The summed E-state index contributed by atoms with van der Waals surface area (Å²) in [7, 11) is 3.30. The van der Waals surface area contributed by atoms with Gasteiger partial charge in [-0.1, -0.05) is 0 Å². The average molecular weight is 412 g/mol. The van der Waals surface area contributed by atoms with E-state index in [4.69, 9.17) is 13.9 Å². The molecule has 0 atom stereocenters. The van der Waals surface area contributed by atoms with E-state index in [-0.39, 0.29) is 5.82 Å². The maximum atomic E-state index is 13.0. The monoisotopic (exact) mass is 412 g/mol. The number of hydrogen-bond donors (Lipinski definition) is 2. The molecule has 30 heavy (non-hydrogen) atoms. The number of hydrogen-bond acceptors (Lipinski definition) is 5. The van der Waals surface area contributed by atoms with Crippen LogP contribution in [0.4, 0.5) is 10.1 Å². The van der Waals surface area contributed by atoms with Crippen LogP contribution in [0.1, 0.15) is 12.6 Å². The number of guanidine groups is 1. The first kappa shape index (κ1) is 21.2. The van der Waals surface area contributed by atoms with Gasteiger partial charge in [0.05, 0.1) is 19.4 Å². The fourth-order valence-electron chi connectivity index (χ4n) is 2.79. The molecule has 0 fully saturated rings. The van der Waals surface area contributed by atoms with Crippen LogP contribution >= 0.6 is 0 Å². The highest BCUT2D eigenvalue weighted by atomic mass is 19.1. The van der Waals surface area contributed by atoms with Crippen molar-refractivity contribution in [3.63, 3.8) is 0 Å². The summed E-state index contributed by atoms with van der Waals surface area (Å²) >= 11 is 0. The molecule has 0 unspecified atom stereocenters. The molecular formula is C22H25FN4O3. The maximum absolute atomic E-state index is 13.0. The minimum Gasteiger partial charge on any atom is -0.493 e. The van der Waals surface area contributed by atoms with Gasteiger partial charge in [0.25, 0.3) is 0 Å². The summed E-state index contributed by atoms with van der Waals surface area (Å²) in [5, 5.41) is 6.46. The van der Waals surface area contributed by atoms with Crippen LogP contribution in [0.3, 0.4) is 0 Å². The molecule has 0 amide bonds. The molecule has 0 saturated carbocycles. The Morgan fingerprint density at radius 3 is 2.67 bits per heavy atom. The van der Waals surface area contributed by atoms with E-state index in [1.807, 2.05) is 25.1 Å². The highest BCUT2D eigenvalue weighted by molar-refractivity contribution is 5.93. The van der Waals surface area contributed by atoms with E-state index in [2.05, 4.69) is 20.6 Å². The molecule has 0 aliphatic carbocycles. The second-order valence-corrected chi connectivity index (χ2v) is 6.32. The highest BCUT2D eigenvalue weighted by Crippen LogP contribution is 2.30. The Hall–Kier alpha value is -3.55. The number of halogens is 1. The Morgan fingerprint density at radius 2 is 1.97 bits per heavy atom. The van der Waals surface area contributed by atoms with Crippen molar-refractivity contribution in [3.8, 4) is 23.0 Å². The molecule has 7 nitrogen and oxygen atoms in total. The first-order valence-corrected chi connectivity index (χ1v) is 9.61. The van der Waals surface area contributed by atoms with Crippen molar-refractivity contribution in [3.05, 3.63) is 60.2 Å². The third-order valence-electron chi connectivity index (χ3n) is 4.27. The molecule has 0 radical (unpaired) electrons. The SMILES string of the molecule is CCOc1ccc(NC(=NC)NCCc2coc(-c3ccc(F)cc3)n2)cc1OC. The molecule has 3 aromatic rings. The third kappa shape index (κ3) is 5.50. The van der Waals surface area contributed by atoms with Gasteiger partial charge >= 0.3 is 0 Å². The molecule has 2 N–H and O–H groups in total. The van der Waals surface area contributed by atoms with Crippen molar-refractivity contribution in [1.82, 2.24) is 10.3 Å². The Labute approximate surface area is 175 Å². The van der Waals surface area contributed by atoms with Crippen LogP contribution in [0.2, 0.25) is 0 Å². The maximum Gasteiger partial charge on any atom is 0.226 e. The average Bonchev–Trinajstić information content (AvgIpc) is 3.23. The molecule has 0 aliphatic rings. The molecule has 0 saturated heterocycles. The number of anilines is 1. The number of nitrogens with one attached hydrogen (secondary N) is 2. The molecule has 1 heterocycles. The molecular weight excluding hydrogens is 387 g/mol. The predicted octanol–water partition coefficient (Wildman–Crippen LogP) is 4.12. The van der Waals surface area contributed by atoms with E-state index in [1.165, 1.54) is 12.1 Å². The number of aromatic nitrogens is 1. The quantitative estimate of drug-likeness (QED) is 0.428. The van der Waals surface area contributed by atoms with Gasteiger partial charge in [0.15, 0.2) is 17.5 Å². The third-order valence-corrected chi connectivity index (χ3v) is 4.27. The van der Waals surface area contributed by atoms with Crippen LogP contribution in [-0.2, 0) is 6.42 Å². The Kier molecular flexibility index (Phi) is 7.26. The number of methoxy groups -OCH3 is 1. The number of aliphatic imine (C=N–C) groups is 1. The van der Waals surface area contributed by atoms with Crippen molar-refractivity contribution < 1.29 is 18.3 Å². The van der Waals surface area contributed by atoms with Crippen LogP contribution in [0.5, 0.6) is 11.5 Å². The van der Waals surface area contributed by atoms with E-state index in [0.717, 1.165) is 16.9 Å². The lowest BCUT2D eigenvalue weighted by atomic mass is 10.2. The molecule has 8 heteroatoms. The van der Waals surface area contributed by atoms with E-state index < -0.39 is 0 Å². The standard InChI is InChI=1S/C22H25FN4O3/c1-4-29-19-10-9-17(13-20(19)28-3)27-22(24-2)25-12-11-18-14-30-21(26-18)15-5-7-16(23)8-6-15/h5-10,13-14H,4,11-12H2,1-3H3,(H2,24,25,27). The minimum absolute atomic E-state index is 0.293. The van der Waals surface area contributed by atoms with E-state index in [0.29, 0.717) is 42.9 Å². The fourth-order valence-corrected chi connectivity index (χ4v) is 2.79. The number of nitrogens with zero attached hydrogens (tertiary/aromatic N) is 2. The van der Waals surface area contributed by atoms with Gasteiger partial charge in [-0.2, -0.15) is 0 Å². The zero-order chi connectivity index (χ0) is 21.3. The van der Waals surface area contributed by atoms with E-state index >= 15 is 0 Å². The van der Waals surface area contributed by atoms with E-state index in [1.54, 1.807) is 32.6 Å². The van der Waals surface area contributed by atoms with Gasteiger partial charge in [-0.15, -0.1) is 0 Å². The second-order valence-electron chi connectivity index (χ2n) is 6.32. The predicted molar refractivity (Wildman–Crippen MR) is 115 cm³/mol. The summed E-state index contributed by atoms with van der Waals surface area (Å²) in [6.07, 6.45) is 2.24. The second kappa shape index (κ2) is 10.3. The topological polar surface area (TPSA) is 80.9 Å². The van der Waals surface area contributed by atoms with Crippen LogP contribution < -0.4 is 20.1 Å². The van der Waals surface area contributed by atoms with Gasteiger partial charge in [-0.25, -0.2) is 9.37 Å². The molecule has 3 rings (SSSR count). The Bertz CT molecular complexity index is 986. The van der Waals surface area contributed by atoms with Gasteiger partial charge in [0, 0.05) is 37.3 Å².